The molecule has 0 bridgehead atoms. The fourth-order valence-corrected chi connectivity index (χ4v) is 6.55. The molecule has 0 amide bonds. The lowest BCUT2D eigenvalue weighted by atomic mass is 10.1. The average Bonchev–Trinajstić information content (AvgIpc) is 3.38. The number of aliphatic hydroxyl groups is 1. The van der Waals surface area contributed by atoms with Crippen LogP contribution in [0.15, 0.2) is 49.1 Å². The largest absolute Gasteiger partial charge is 0.760 e. The molecule has 0 spiro atoms. The van der Waals surface area contributed by atoms with Gasteiger partial charge in [-0.2, -0.15) is 0 Å². The van der Waals surface area contributed by atoms with Crippen molar-refractivity contribution in [2.45, 2.75) is 51.2 Å². The molecule has 0 saturated carbocycles. The van der Waals surface area contributed by atoms with Gasteiger partial charge in [-0.3, -0.25) is 13.8 Å². The molecule has 0 aliphatic heterocycles. The summed E-state index contributed by atoms with van der Waals surface area (Å²) < 4.78 is 76.1. The van der Waals surface area contributed by atoms with Gasteiger partial charge in [0.25, 0.3) is 10.0 Å². The van der Waals surface area contributed by atoms with Crippen LogP contribution in [-0.2, 0) is 26.0 Å². The second-order valence-corrected chi connectivity index (χ2v) is 13.8. The highest BCUT2D eigenvalue weighted by atomic mass is 32.2. The molecule has 46 heavy (non-hydrogen) atoms. The summed E-state index contributed by atoms with van der Waals surface area (Å²) in [6.45, 7) is 7.10. The molecule has 0 aliphatic carbocycles. The van der Waals surface area contributed by atoms with Gasteiger partial charge in [0.2, 0.25) is 5.95 Å². The van der Waals surface area contributed by atoms with Crippen molar-refractivity contribution in [1.29, 1.82) is 0 Å². The van der Waals surface area contributed by atoms with Crippen LogP contribution in [0, 0.1) is 13.8 Å². The van der Waals surface area contributed by atoms with Crippen molar-refractivity contribution in [3.05, 3.63) is 66.0 Å². The van der Waals surface area contributed by atoms with Crippen LogP contribution in [0.2, 0.25) is 0 Å². The molecule has 0 saturated heterocycles. The van der Waals surface area contributed by atoms with Gasteiger partial charge in [-0.1, -0.05) is 6.07 Å². The summed E-state index contributed by atoms with van der Waals surface area (Å²) >= 11 is -3.15. The number of hydrogen-bond acceptors (Lipinski definition) is 13. The number of nitrogens with zero attached hydrogens (tertiary/aromatic N) is 6. The van der Waals surface area contributed by atoms with Gasteiger partial charge in [0.05, 0.1) is 26.4 Å². The minimum Gasteiger partial charge on any atom is -0.760 e. The van der Waals surface area contributed by atoms with Crippen LogP contribution in [0.4, 0.5) is 5.95 Å². The highest BCUT2D eigenvalue weighted by Gasteiger charge is 2.51. The predicted molar refractivity (Wildman–Crippen MR) is 167 cm³/mol. The Morgan fingerprint density at radius 2 is 1.65 bits per heavy atom. The fraction of sp³-hybridized carbons (Fsp3) is 0.393. The van der Waals surface area contributed by atoms with Crippen molar-refractivity contribution < 1.29 is 36.5 Å². The number of pyridine rings is 1. The fourth-order valence-electron chi connectivity index (χ4n) is 4.42. The zero-order chi connectivity index (χ0) is 33.9. The van der Waals surface area contributed by atoms with Crippen LogP contribution in [0.5, 0.6) is 11.5 Å². The average molecular weight is 676 g/mol. The molecule has 18 heteroatoms. The Morgan fingerprint density at radius 1 is 1.02 bits per heavy atom. The summed E-state index contributed by atoms with van der Waals surface area (Å²) in [4.78, 5) is 10.1. The van der Waals surface area contributed by atoms with Crippen LogP contribution in [0.3, 0.4) is 0 Å². The molecular weight excluding hydrogens is 640 g/mol. The van der Waals surface area contributed by atoms with E-state index in [9.17, 15) is 22.3 Å². The second kappa shape index (κ2) is 13.7. The van der Waals surface area contributed by atoms with Gasteiger partial charge < -0.3 is 23.9 Å². The second-order valence-electron chi connectivity index (χ2n) is 11.1. The first-order valence-electron chi connectivity index (χ1n) is 13.7. The standard InChI is InChI=1S/C28H36N8O8S2/c1-17-11-19(15-29-12-17)25-32-33-26(36(25)22-20(42-6)9-8-10-21(22)43-7)34-46(40,41)28(5,35-45(38)39)23(44-16-27(3,4)37)24-30-13-18(2)14-31-24/h8-15,23,35,37H,16H2,1-7H3,(H,33,34)(H,38,39)/p-1/t23-,28-/m1/s1. The number of anilines is 1. The minimum absolute atomic E-state index is 0.162. The van der Waals surface area contributed by atoms with E-state index in [1.807, 2.05) is 6.92 Å². The van der Waals surface area contributed by atoms with Crippen LogP contribution in [-0.4, -0.2) is 83.3 Å². The Hall–Kier alpha value is -4.07. The molecule has 1 aromatic carbocycles. The van der Waals surface area contributed by atoms with Gasteiger partial charge >= 0.3 is 0 Å². The summed E-state index contributed by atoms with van der Waals surface area (Å²) in [5.74, 6) is 0.204. The van der Waals surface area contributed by atoms with Gasteiger partial charge in [0.15, 0.2) is 22.6 Å². The molecule has 3 heterocycles. The number of aromatic nitrogens is 6. The molecular formula is C28H35N8O8S2-. The topological polar surface area (TPSA) is 216 Å². The first kappa shape index (κ1) is 34.8. The number of benzene rings is 1. The molecule has 0 aliphatic rings. The molecule has 4 rings (SSSR count). The Bertz CT molecular complexity index is 1790. The summed E-state index contributed by atoms with van der Waals surface area (Å²) in [6, 6.07) is 6.72. The smallest absolute Gasteiger partial charge is 0.257 e. The van der Waals surface area contributed by atoms with E-state index < -0.39 is 44.5 Å². The highest BCUT2D eigenvalue weighted by Crippen LogP contribution is 2.39. The van der Waals surface area contributed by atoms with Crippen molar-refractivity contribution in [1.82, 2.24) is 34.4 Å². The summed E-state index contributed by atoms with van der Waals surface area (Å²) in [7, 11) is -2.05. The van der Waals surface area contributed by atoms with E-state index in [1.165, 1.54) is 51.2 Å². The number of nitrogens with one attached hydrogen (secondary N) is 2. The normalized spacial score (nSPS) is 14.7. The van der Waals surface area contributed by atoms with Crippen LogP contribution >= 0.6 is 0 Å². The molecule has 4 aromatic rings. The minimum atomic E-state index is -4.90. The van der Waals surface area contributed by atoms with Gasteiger partial charge in [0, 0.05) is 41.6 Å². The molecule has 16 nitrogen and oxygen atoms in total. The van der Waals surface area contributed by atoms with Crippen molar-refractivity contribution in [3.63, 3.8) is 0 Å². The SMILES string of the molecule is COc1cccc(OC)c1-n1c(NS(=O)(=O)[C@@](C)(NS(=O)[O-])[C@H](OCC(C)(C)O)c2ncc(C)cn2)nnc1-c1cncc(C)c1. The lowest BCUT2D eigenvalue weighted by Crippen LogP contribution is -2.58. The van der Waals surface area contributed by atoms with E-state index in [2.05, 4.69) is 34.6 Å². The van der Waals surface area contributed by atoms with Gasteiger partial charge in [-0.15, -0.1) is 10.2 Å². The number of aryl methyl sites for hydroxylation is 2. The lowest BCUT2D eigenvalue weighted by molar-refractivity contribution is -0.0694. The first-order chi connectivity index (χ1) is 21.6. The lowest BCUT2D eigenvalue weighted by Gasteiger charge is -2.37. The Labute approximate surface area is 269 Å². The van der Waals surface area contributed by atoms with E-state index in [-0.39, 0.29) is 34.8 Å². The van der Waals surface area contributed by atoms with Gasteiger partial charge in [0.1, 0.15) is 17.2 Å². The number of sulfonamides is 1. The van der Waals surface area contributed by atoms with E-state index in [1.54, 1.807) is 37.4 Å². The maximum atomic E-state index is 14.5. The molecule has 1 unspecified atom stereocenters. The molecule has 3 aromatic heterocycles. The molecule has 0 fully saturated rings. The third-order valence-electron chi connectivity index (χ3n) is 6.63. The highest BCUT2D eigenvalue weighted by molar-refractivity contribution is 7.94. The summed E-state index contributed by atoms with van der Waals surface area (Å²) in [5.41, 5.74) is 0.734. The molecule has 3 N–H and O–H groups in total. The Kier molecular flexibility index (Phi) is 10.4. The zero-order valence-electron chi connectivity index (χ0n) is 26.2. The summed E-state index contributed by atoms with van der Waals surface area (Å²) in [5, 5.41) is 18.8. The third-order valence-corrected chi connectivity index (χ3v) is 9.23. The Morgan fingerprint density at radius 3 is 2.20 bits per heavy atom. The van der Waals surface area contributed by atoms with E-state index in [0.29, 0.717) is 11.1 Å². The molecule has 3 atom stereocenters. The van der Waals surface area contributed by atoms with Crippen molar-refractivity contribution in [3.8, 4) is 28.6 Å². The number of methoxy groups -OCH3 is 2. The zero-order valence-corrected chi connectivity index (χ0v) is 27.8. The quantitative estimate of drug-likeness (QED) is 0.164. The number of rotatable bonds is 14. The predicted octanol–water partition coefficient (Wildman–Crippen LogP) is 2.12. The van der Waals surface area contributed by atoms with Gasteiger partial charge in [-0.25, -0.2) is 27.8 Å². The van der Waals surface area contributed by atoms with E-state index >= 15 is 0 Å². The number of para-hydroxylation sites is 1. The number of ether oxygens (including phenoxy) is 3. The van der Waals surface area contributed by atoms with E-state index in [0.717, 1.165) is 12.5 Å². The maximum absolute atomic E-state index is 14.5. The third kappa shape index (κ3) is 7.48. The van der Waals surface area contributed by atoms with Crippen LogP contribution < -0.4 is 18.9 Å². The maximum Gasteiger partial charge on any atom is 0.257 e. The van der Waals surface area contributed by atoms with Crippen molar-refractivity contribution >= 4 is 27.2 Å². The van der Waals surface area contributed by atoms with Gasteiger partial charge in [-0.05, 0) is 63.9 Å². The van der Waals surface area contributed by atoms with Crippen LogP contribution in [0.1, 0.15) is 43.8 Å². The Balaban J connectivity index is 1.95. The number of hydrogen-bond donors (Lipinski definition) is 3. The van der Waals surface area contributed by atoms with E-state index in [4.69, 9.17) is 14.2 Å². The summed E-state index contributed by atoms with van der Waals surface area (Å²) in [6.07, 6.45) is 4.33. The molecule has 0 radical (unpaired) electrons. The van der Waals surface area contributed by atoms with Crippen molar-refractivity contribution in [2.24, 2.45) is 0 Å². The van der Waals surface area contributed by atoms with Crippen molar-refractivity contribution in [2.75, 3.05) is 25.5 Å². The molecule has 248 valence electrons. The first-order valence-corrected chi connectivity index (χ1v) is 16.3. The monoisotopic (exact) mass is 675 g/mol. The van der Waals surface area contributed by atoms with Crippen LogP contribution in [0.25, 0.3) is 17.1 Å².